The van der Waals surface area contributed by atoms with E-state index in [0.29, 0.717) is 22.3 Å². The van der Waals surface area contributed by atoms with Gasteiger partial charge in [-0.15, -0.1) is 11.3 Å². The van der Waals surface area contributed by atoms with Crippen LogP contribution in [0.3, 0.4) is 0 Å². The third-order valence-corrected chi connectivity index (χ3v) is 7.30. The van der Waals surface area contributed by atoms with Crippen molar-refractivity contribution in [2.75, 3.05) is 49.6 Å². The lowest BCUT2D eigenvalue weighted by molar-refractivity contribution is -0.126. The molecule has 0 aliphatic carbocycles. The predicted molar refractivity (Wildman–Crippen MR) is 161 cm³/mol. The summed E-state index contributed by atoms with van der Waals surface area (Å²) >= 11 is 7.13. The Labute approximate surface area is 254 Å². The van der Waals surface area contributed by atoms with Gasteiger partial charge < -0.3 is 25.0 Å². The standard InChI is InChI=1S/C29H39ClF2N4O5S/c1-28(2,3)16-35(17-29(4,5)6)20(14-33-26(39)22-9-10-23(30)42-22)25(38)34-18-7-8-19(21(13-18)41-27(31)32)36-11-12-40-15-24(36)37/h7-10,13,20,27H,11-12,14-17H2,1-6H3,(H,33,39)(H,34,38)/t20-/m0/s1. The molecule has 3 rings (SSSR count). The number of thiophene rings is 1. The molecule has 1 fully saturated rings. The first-order chi connectivity index (χ1) is 19.5. The van der Waals surface area contributed by atoms with Crippen LogP contribution in [0, 0.1) is 10.8 Å². The second-order valence-electron chi connectivity index (χ2n) is 12.5. The molecule has 0 bridgehead atoms. The van der Waals surface area contributed by atoms with Crippen molar-refractivity contribution in [3.05, 3.63) is 39.5 Å². The Hall–Kier alpha value is -2.80. The van der Waals surface area contributed by atoms with Crippen LogP contribution < -0.4 is 20.3 Å². The molecular weight excluding hydrogens is 590 g/mol. The Bertz CT molecular complexity index is 1250. The highest BCUT2D eigenvalue weighted by atomic mass is 35.5. The molecule has 2 N–H and O–H groups in total. The number of carbonyl (C=O) groups is 3. The molecule has 3 amide bonds. The zero-order valence-electron chi connectivity index (χ0n) is 24.8. The average molecular weight is 629 g/mol. The number of nitrogens with zero attached hydrogens (tertiary/aromatic N) is 2. The third kappa shape index (κ3) is 10.2. The summed E-state index contributed by atoms with van der Waals surface area (Å²) in [7, 11) is 0. The maximum absolute atomic E-state index is 13.9. The van der Waals surface area contributed by atoms with Crippen molar-refractivity contribution in [2.24, 2.45) is 10.8 Å². The molecule has 42 heavy (non-hydrogen) atoms. The van der Waals surface area contributed by atoms with Gasteiger partial charge >= 0.3 is 6.61 Å². The number of amides is 3. The third-order valence-electron chi connectivity index (χ3n) is 6.07. The minimum Gasteiger partial charge on any atom is -0.433 e. The Kier molecular flexibility index (Phi) is 11.3. The van der Waals surface area contributed by atoms with Crippen LogP contribution in [0.15, 0.2) is 30.3 Å². The topological polar surface area (TPSA) is 100 Å². The lowest BCUT2D eigenvalue weighted by Crippen LogP contribution is -2.54. The summed E-state index contributed by atoms with van der Waals surface area (Å²) in [5.74, 6) is -1.44. The number of ether oxygens (including phenoxy) is 2. The van der Waals surface area contributed by atoms with Crippen LogP contribution in [0.4, 0.5) is 20.2 Å². The highest BCUT2D eigenvalue weighted by Crippen LogP contribution is 2.34. The van der Waals surface area contributed by atoms with Gasteiger partial charge in [-0.3, -0.25) is 19.3 Å². The van der Waals surface area contributed by atoms with Crippen LogP contribution in [-0.2, 0) is 14.3 Å². The zero-order chi connectivity index (χ0) is 31.2. The molecule has 1 aliphatic heterocycles. The Morgan fingerprint density at radius 2 is 1.79 bits per heavy atom. The smallest absolute Gasteiger partial charge is 0.387 e. The molecule has 9 nitrogen and oxygen atoms in total. The molecule has 2 heterocycles. The molecule has 0 radical (unpaired) electrons. The van der Waals surface area contributed by atoms with E-state index < -0.39 is 18.6 Å². The van der Waals surface area contributed by atoms with E-state index in [1.165, 1.54) is 23.1 Å². The van der Waals surface area contributed by atoms with E-state index in [-0.39, 0.29) is 66.1 Å². The molecule has 232 valence electrons. The number of hydrogen-bond acceptors (Lipinski definition) is 7. The summed E-state index contributed by atoms with van der Waals surface area (Å²) in [6.07, 6.45) is 0. The van der Waals surface area contributed by atoms with Gasteiger partial charge in [-0.25, -0.2) is 0 Å². The van der Waals surface area contributed by atoms with E-state index in [4.69, 9.17) is 21.1 Å². The fourth-order valence-corrected chi connectivity index (χ4v) is 5.56. The van der Waals surface area contributed by atoms with E-state index in [2.05, 4.69) is 52.2 Å². The van der Waals surface area contributed by atoms with Gasteiger partial charge in [0.25, 0.3) is 11.8 Å². The van der Waals surface area contributed by atoms with Crippen LogP contribution >= 0.6 is 22.9 Å². The minimum atomic E-state index is -3.14. The number of nitrogens with one attached hydrogen (secondary N) is 2. The first-order valence-electron chi connectivity index (χ1n) is 13.6. The lowest BCUT2D eigenvalue weighted by Gasteiger charge is -2.39. The molecule has 0 spiro atoms. The van der Waals surface area contributed by atoms with Crippen molar-refractivity contribution in [1.29, 1.82) is 0 Å². The minimum absolute atomic E-state index is 0.00685. The van der Waals surface area contributed by atoms with Gasteiger partial charge in [0.2, 0.25) is 5.91 Å². The maximum atomic E-state index is 13.9. The highest BCUT2D eigenvalue weighted by Gasteiger charge is 2.33. The van der Waals surface area contributed by atoms with E-state index >= 15 is 0 Å². The number of halogens is 3. The summed E-state index contributed by atoms with van der Waals surface area (Å²) in [4.78, 5) is 42.8. The number of benzene rings is 1. The average Bonchev–Trinajstić information content (AvgIpc) is 3.29. The van der Waals surface area contributed by atoms with Crippen LogP contribution in [0.5, 0.6) is 5.75 Å². The van der Waals surface area contributed by atoms with Crippen LogP contribution in [0.2, 0.25) is 4.34 Å². The second kappa shape index (κ2) is 14.1. The van der Waals surface area contributed by atoms with Crippen molar-refractivity contribution in [1.82, 2.24) is 10.2 Å². The summed E-state index contributed by atoms with van der Waals surface area (Å²) in [6.45, 7) is 10.5. The SMILES string of the molecule is CC(C)(C)CN(CC(C)(C)C)[C@@H](CNC(=O)c1ccc(Cl)s1)C(=O)Nc1ccc(N2CCOCC2=O)c(OC(F)F)c1. The summed E-state index contributed by atoms with van der Waals surface area (Å²) in [5.41, 5.74) is -0.00521. The molecule has 13 heteroatoms. The largest absolute Gasteiger partial charge is 0.433 e. The van der Waals surface area contributed by atoms with Crippen molar-refractivity contribution in [3.8, 4) is 5.75 Å². The maximum Gasteiger partial charge on any atom is 0.387 e. The zero-order valence-corrected chi connectivity index (χ0v) is 26.3. The lowest BCUT2D eigenvalue weighted by atomic mass is 9.90. The Morgan fingerprint density at radius 1 is 1.12 bits per heavy atom. The number of morpholine rings is 1. The molecule has 0 unspecified atom stereocenters. The van der Waals surface area contributed by atoms with Crippen LogP contribution in [0.1, 0.15) is 51.2 Å². The van der Waals surface area contributed by atoms with Gasteiger partial charge in [0.15, 0.2) is 5.75 Å². The molecule has 1 saturated heterocycles. The van der Waals surface area contributed by atoms with E-state index in [1.807, 2.05) is 4.90 Å². The summed E-state index contributed by atoms with van der Waals surface area (Å²) < 4.78 is 37.0. The molecule has 1 aromatic heterocycles. The molecule has 0 saturated carbocycles. The number of alkyl halides is 2. The van der Waals surface area contributed by atoms with E-state index in [9.17, 15) is 23.2 Å². The van der Waals surface area contributed by atoms with Gasteiger partial charge in [0.05, 0.1) is 21.5 Å². The second-order valence-corrected chi connectivity index (χ2v) is 14.2. The van der Waals surface area contributed by atoms with E-state index in [1.54, 1.807) is 12.1 Å². The van der Waals surface area contributed by atoms with E-state index in [0.717, 1.165) is 11.3 Å². The van der Waals surface area contributed by atoms with Crippen molar-refractivity contribution < 1.29 is 32.6 Å². The Balaban J connectivity index is 1.91. The fraction of sp³-hybridized carbons (Fsp3) is 0.552. The fourth-order valence-electron chi connectivity index (χ4n) is 4.60. The quantitative estimate of drug-likeness (QED) is 0.341. The molecule has 1 atom stereocenters. The first-order valence-corrected chi connectivity index (χ1v) is 14.8. The van der Waals surface area contributed by atoms with Gasteiger partial charge in [0.1, 0.15) is 12.6 Å². The molecule has 1 aliphatic rings. The Morgan fingerprint density at radius 3 is 2.33 bits per heavy atom. The number of carbonyl (C=O) groups excluding carboxylic acids is 3. The molecule has 1 aromatic carbocycles. The summed E-state index contributed by atoms with van der Waals surface area (Å²) in [6, 6.07) is 6.69. The predicted octanol–water partition coefficient (Wildman–Crippen LogP) is 5.50. The highest BCUT2D eigenvalue weighted by molar-refractivity contribution is 7.18. The van der Waals surface area contributed by atoms with Gasteiger partial charge in [-0.05, 0) is 35.1 Å². The van der Waals surface area contributed by atoms with Gasteiger partial charge in [0, 0.05) is 37.9 Å². The number of anilines is 2. The van der Waals surface area contributed by atoms with Crippen LogP contribution in [-0.4, -0.2) is 74.7 Å². The monoisotopic (exact) mass is 628 g/mol. The van der Waals surface area contributed by atoms with Crippen molar-refractivity contribution in [3.63, 3.8) is 0 Å². The first kappa shape index (κ1) is 33.7. The van der Waals surface area contributed by atoms with Gasteiger partial charge in [-0.1, -0.05) is 53.1 Å². The number of rotatable bonds is 11. The number of hydrogen-bond donors (Lipinski definition) is 2. The molecule has 2 aromatic rings. The van der Waals surface area contributed by atoms with Crippen molar-refractivity contribution in [2.45, 2.75) is 54.2 Å². The molecular formula is C29H39ClF2N4O5S. The van der Waals surface area contributed by atoms with Gasteiger partial charge in [-0.2, -0.15) is 8.78 Å². The normalized spacial score (nSPS) is 15.2. The van der Waals surface area contributed by atoms with Crippen LogP contribution in [0.25, 0.3) is 0 Å². The summed E-state index contributed by atoms with van der Waals surface area (Å²) in [5, 5.41) is 5.67. The van der Waals surface area contributed by atoms with Crippen molar-refractivity contribution >= 4 is 52.0 Å².